The number of quaternary nitrogens is 1. The lowest BCUT2D eigenvalue weighted by atomic mass is 10.1. The fourth-order valence-electron chi connectivity index (χ4n) is 2.75. The summed E-state index contributed by atoms with van der Waals surface area (Å²) in [5, 5.41) is 0. The summed E-state index contributed by atoms with van der Waals surface area (Å²) in [6, 6.07) is 7.59. The number of likely N-dealkylation sites (tertiary alicyclic amines) is 1. The molecule has 0 amide bonds. The number of carbonyl (C=O) groups is 1. The molecule has 104 valence electrons. The molecule has 0 spiro atoms. The molecular weight excluding hydrogens is 238 g/mol. The van der Waals surface area contributed by atoms with Crippen molar-refractivity contribution in [1.29, 1.82) is 0 Å². The predicted molar refractivity (Wildman–Crippen MR) is 75.5 cm³/mol. The van der Waals surface area contributed by atoms with Crippen molar-refractivity contribution >= 4 is 5.97 Å². The van der Waals surface area contributed by atoms with Gasteiger partial charge in [0.1, 0.15) is 12.6 Å². The monoisotopic (exact) mass is 262 g/mol. The Balaban J connectivity index is 1.86. The summed E-state index contributed by atoms with van der Waals surface area (Å²) < 4.78 is 5.56. The summed E-state index contributed by atoms with van der Waals surface area (Å²) in [6.07, 6.45) is 3.93. The largest absolute Gasteiger partial charge is 0.453 e. The first kappa shape index (κ1) is 14.1. The molecule has 0 aromatic heterocycles. The Labute approximate surface area is 115 Å². The molecule has 1 aromatic rings. The number of aryl methyl sites for hydroxylation is 1. The highest BCUT2D eigenvalue weighted by Crippen LogP contribution is 2.09. The van der Waals surface area contributed by atoms with Crippen LogP contribution in [0.1, 0.15) is 42.1 Å². The van der Waals surface area contributed by atoms with Crippen molar-refractivity contribution in [2.75, 3.05) is 19.6 Å². The topological polar surface area (TPSA) is 30.7 Å². The third-order valence-corrected chi connectivity index (χ3v) is 3.81. The number of carbonyl (C=O) groups excluding carboxylic acids is 1. The van der Waals surface area contributed by atoms with Crippen molar-refractivity contribution in [1.82, 2.24) is 0 Å². The van der Waals surface area contributed by atoms with Crippen LogP contribution in [0.15, 0.2) is 24.3 Å². The van der Waals surface area contributed by atoms with Gasteiger partial charge in [-0.3, -0.25) is 0 Å². The molecule has 1 fully saturated rings. The minimum atomic E-state index is -0.193. The molecule has 1 saturated heterocycles. The van der Waals surface area contributed by atoms with Crippen LogP contribution < -0.4 is 4.90 Å². The SMILES string of the molecule is Cc1ccccc1C(=O)O[C@@H](C)C[NH+]1CCCCC1. The first-order valence-corrected chi connectivity index (χ1v) is 7.27. The van der Waals surface area contributed by atoms with Crippen LogP contribution in [0, 0.1) is 6.92 Å². The van der Waals surface area contributed by atoms with E-state index in [1.54, 1.807) is 4.90 Å². The Morgan fingerprint density at radius 1 is 1.26 bits per heavy atom. The Hall–Kier alpha value is -1.35. The van der Waals surface area contributed by atoms with Crippen molar-refractivity contribution in [3.63, 3.8) is 0 Å². The number of benzene rings is 1. The van der Waals surface area contributed by atoms with E-state index >= 15 is 0 Å². The van der Waals surface area contributed by atoms with Crippen molar-refractivity contribution in [2.45, 2.75) is 39.2 Å². The van der Waals surface area contributed by atoms with Crippen LogP contribution in [0.5, 0.6) is 0 Å². The summed E-state index contributed by atoms with van der Waals surface area (Å²) in [6.45, 7) is 7.30. The van der Waals surface area contributed by atoms with Gasteiger partial charge in [-0.2, -0.15) is 0 Å². The number of piperidine rings is 1. The van der Waals surface area contributed by atoms with Crippen LogP contribution in [0.4, 0.5) is 0 Å². The van der Waals surface area contributed by atoms with E-state index in [1.165, 1.54) is 32.4 Å². The molecule has 0 unspecified atom stereocenters. The van der Waals surface area contributed by atoms with Gasteiger partial charge in [0.25, 0.3) is 0 Å². The average molecular weight is 262 g/mol. The van der Waals surface area contributed by atoms with Crippen LogP contribution in [0.2, 0.25) is 0 Å². The summed E-state index contributed by atoms with van der Waals surface area (Å²) in [7, 11) is 0. The zero-order valence-electron chi connectivity index (χ0n) is 11.9. The van der Waals surface area contributed by atoms with Gasteiger partial charge >= 0.3 is 5.97 Å². The molecule has 1 aliphatic heterocycles. The Bertz CT molecular complexity index is 425. The lowest BCUT2D eigenvalue weighted by Gasteiger charge is -2.26. The molecule has 3 heteroatoms. The highest BCUT2D eigenvalue weighted by atomic mass is 16.5. The molecule has 1 N–H and O–H groups in total. The zero-order chi connectivity index (χ0) is 13.7. The first-order valence-electron chi connectivity index (χ1n) is 7.27. The molecule has 19 heavy (non-hydrogen) atoms. The van der Waals surface area contributed by atoms with Gasteiger partial charge in [0.15, 0.2) is 0 Å². The van der Waals surface area contributed by atoms with E-state index in [9.17, 15) is 4.79 Å². The van der Waals surface area contributed by atoms with Crippen LogP contribution in [-0.2, 0) is 4.74 Å². The molecule has 0 aliphatic carbocycles. The Morgan fingerprint density at radius 3 is 2.63 bits per heavy atom. The highest BCUT2D eigenvalue weighted by molar-refractivity contribution is 5.91. The van der Waals surface area contributed by atoms with Crippen molar-refractivity contribution in [2.24, 2.45) is 0 Å². The van der Waals surface area contributed by atoms with Crippen LogP contribution in [0.25, 0.3) is 0 Å². The average Bonchev–Trinajstić information content (AvgIpc) is 2.40. The van der Waals surface area contributed by atoms with Gasteiger partial charge < -0.3 is 9.64 Å². The minimum Gasteiger partial charge on any atom is -0.453 e. The summed E-state index contributed by atoms with van der Waals surface area (Å²) in [4.78, 5) is 13.7. The molecule has 1 atom stereocenters. The second kappa shape index (κ2) is 6.71. The van der Waals surface area contributed by atoms with Gasteiger partial charge in [0, 0.05) is 0 Å². The maximum absolute atomic E-state index is 12.1. The maximum atomic E-state index is 12.1. The van der Waals surface area contributed by atoms with Crippen LogP contribution in [-0.4, -0.2) is 31.7 Å². The number of hydrogen-bond donors (Lipinski definition) is 1. The predicted octanol–water partition coefficient (Wildman–Crippen LogP) is 1.61. The third-order valence-electron chi connectivity index (χ3n) is 3.81. The molecule has 0 radical (unpaired) electrons. The van der Waals surface area contributed by atoms with Crippen LogP contribution >= 0.6 is 0 Å². The second-order valence-electron chi connectivity index (χ2n) is 5.55. The number of rotatable bonds is 4. The van der Waals surface area contributed by atoms with E-state index in [0.29, 0.717) is 5.56 Å². The molecule has 0 saturated carbocycles. The van der Waals surface area contributed by atoms with E-state index in [4.69, 9.17) is 4.74 Å². The Kier molecular flexibility index (Phi) is 4.97. The molecular formula is C16H24NO2+. The van der Waals surface area contributed by atoms with Gasteiger partial charge in [-0.1, -0.05) is 18.2 Å². The number of ether oxygens (including phenoxy) is 1. The van der Waals surface area contributed by atoms with Gasteiger partial charge in [0.2, 0.25) is 0 Å². The second-order valence-corrected chi connectivity index (χ2v) is 5.55. The molecule has 0 bridgehead atoms. The number of esters is 1. The Morgan fingerprint density at radius 2 is 1.95 bits per heavy atom. The van der Waals surface area contributed by atoms with Gasteiger partial charge in [0.05, 0.1) is 18.7 Å². The van der Waals surface area contributed by atoms with Gasteiger partial charge in [-0.05, 0) is 44.7 Å². The highest BCUT2D eigenvalue weighted by Gasteiger charge is 2.20. The van der Waals surface area contributed by atoms with E-state index < -0.39 is 0 Å². The normalized spacial score (nSPS) is 18.0. The lowest BCUT2D eigenvalue weighted by Crippen LogP contribution is -3.13. The fourth-order valence-corrected chi connectivity index (χ4v) is 2.75. The summed E-state index contributed by atoms with van der Waals surface area (Å²) >= 11 is 0. The molecule has 1 aliphatic rings. The van der Waals surface area contributed by atoms with Crippen molar-refractivity contribution < 1.29 is 14.4 Å². The molecule has 3 nitrogen and oxygen atoms in total. The maximum Gasteiger partial charge on any atom is 0.338 e. The van der Waals surface area contributed by atoms with Crippen LogP contribution in [0.3, 0.4) is 0 Å². The molecule has 1 heterocycles. The fraction of sp³-hybridized carbons (Fsp3) is 0.562. The smallest absolute Gasteiger partial charge is 0.338 e. The van der Waals surface area contributed by atoms with E-state index in [0.717, 1.165) is 12.1 Å². The minimum absolute atomic E-state index is 0.0137. The zero-order valence-corrected chi connectivity index (χ0v) is 11.9. The van der Waals surface area contributed by atoms with Gasteiger partial charge in [-0.25, -0.2) is 4.79 Å². The number of hydrogen-bond acceptors (Lipinski definition) is 2. The van der Waals surface area contributed by atoms with Crippen molar-refractivity contribution in [3.05, 3.63) is 35.4 Å². The van der Waals surface area contributed by atoms with E-state index in [2.05, 4.69) is 0 Å². The van der Waals surface area contributed by atoms with E-state index in [1.807, 2.05) is 38.1 Å². The van der Waals surface area contributed by atoms with Crippen molar-refractivity contribution in [3.8, 4) is 0 Å². The van der Waals surface area contributed by atoms with Gasteiger partial charge in [-0.15, -0.1) is 0 Å². The number of nitrogens with one attached hydrogen (secondary N) is 1. The summed E-state index contributed by atoms with van der Waals surface area (Å²) in [5.41, 5.74) is 1.66. The lowest BCUT2D eigenvalue weighted by molar-refractivity contribution is -0.907. The summed E-state index contributed by atoms with van der Waals surface area (Å²) in [5.74, 6) is -0.193. The molecule has 2 rings (SSSR count). The van der Waals surface area contributed by atoms with E-state index in [-0.39, 0.29) is 12.1 Å². The third kappa shape index (κ3) is 4.06. The standard InChI is InChI=1S/C16H23NO2/c1-13-8-4-5-9-15(13)16(18)19-14(2)12-17-10-6-3-7-11-17/h4-5,8-9,14H,3,6-7,10-12H2,1-2H3/p+1/t14-/m0/s1. The molecule has 1 aromatic carbocycles. The quantitative estimate of drug-likeness (QED) is 0.836. The first-order chi connectivity index (χ1) is 9.16.